The van der Waals surface area contributed by atoms with Crippen LogP contribution in [0.4, 0.5) is 5.69 Å². The third-order valence-electron chi connectivity index (χ3n) is 4.74. The molecule has 0 aliphatic heterocycles. The molecule has 2 aromatic heterocycles. The first-order valence-corrected chi connectivity index (χ1v) is 12.4. The number of anilines is 1. The van der Waals surface area contributed by atoms with Crippen molar-refractivity contribution in [3.63, 3.8) is 0 Å². The van der Waals surface area contributed by atoms with Gasteiger partial charge in [0.25, 0.3) is 5.91 Å². The Balaban J connectivity index is 1.54. The van der Waals surface area contributed by atoms with Gasteiger partial charge in [0.2, 0.25) is 10.0 Å². The second-order valence-corrected chi connectivity index (χ2v) is 11.1. The average molecular weight is 469 g/mol. The van der Waals surface area contributed by atoms with E-state index in [9.17, 15) is 13.2 Å². The summed E-state index contributed by atoms with van der Waals surface area (Å²) in [4.78, 5) is 18.5. The highest BCUT2D eigenvalue weighted by molar-refractivity contribution is 7.89. The molecule has 0 saturated carbocycles. The minimum atomic E-state index is -3.74. The van der Waals surface area contributed by atoms with Gasteiger partial charge in [-0.25, -0.2) is 18.1 Å². The predicted molar refractivity (Wildman–Crippen MR) is 128 cm³/mol. The first kappa shape index (κ1) is 22.2. The van der Waals surface area contributed by atoms with Crippen molar-refractivity contribution in [1.82, 2.24) is 14.1 Å². The number of nitrogens with zero attached hydrogens (tertiary/aromatic N) is 2. The molecule has 1 amide bonds. The Kier molecular flexibility index (Phi) is 5.66. The van der Waals surface area contributed by atoms with Gasteiger partial charge in [-0.2, -0.15) is 0 Å². The number of rotatable bonds is 5. The fraction of sp³-hybridized carbons (Fsp3) is 0.217. The van der Waals surface area contributed by atoms with Crippen molar-refractivity contribution >= 4 is 37.9 Å². The molecule has 0 aliphatic rings. The Bertz CT molecular complexity index is 1370. The minimum absolute atomic E-state index is 0.0540. The molecule has 2 heterocycles. The Hall–Kier alpha value is -3.01. The molecule has 0 fully saturated rings. The third kappa shape index (κ3) is 4.74. The van der Waals surface area contributed by atoms with Crippen LogP contribution in [0.2, 0.25) is 0 Å². The molecule has 0 spiro atoms. The topological polar surface area (TPSA) is 92.6 Å². The summed E-state index contributed by atoms with van der Waals surface area (Å²) in [6, 6.07) is 11.9. The van der Waals surface area contributed by atoms with Crippen LogP contribution >= 0.6 is 11.3 Å². The summed E-state index contributed by atoms with van der Waals surface area (Å²) < 4.78 is 29.9. The van der Waals surface area contributed by atoms with Crippen LogP contribution in [0.15, 0.2) is 65.1 Å². The zero-order valence-corrected chi connectivity index (χ0v) is 19.8. The molecular formula is C23H24N4O3S2. The molecule has 0 unspecified atom stereocenters. The maximum absolute atomic E-state index is 12.9. The van der Waals surface area contributed by atoms with Gasteiger partial charge < -0.3 is 5.32 Å². The van der Waals surface area contributed by atoms with E-state index >= 15 is 0 Å². The highest BCUT2D eigenvalue weighted by Crippen LogP contribution is 2.24. The summed E-state index contributed by atoms with van der Waals surface area (Å²) in [5.74, 6) is -0.370. The number of carbonyl (C=O) groups excluding carboxylic acids is 1. The normalized spacial score (nSPS) is 12.2. The maximum atomic E-state index is 12.9. The summed E-state index contributed by atoms with van der Waals surface area (Å²) >= 11 is 1.57. The van der Waals surface area contributed by atoms with Gasteiger partial charge in [0.15, 0.2) is 4.96 Å². The lowest BCUT2D eigenvalue weighted by Crippen LogP contribution is -2.40. The predicted octanol–water partition coefficient (Wildman–Crippen LogP) is 4.70. The molecule has 4 aromatic rings. The Morgan fingerprint density at radius 3 is 2.47 bits per heavy atom. The van der Waals surface area contributed by atoms with E-state index in [0.717, 1.165) is 16.2 Å². The molecule has 7 nitrogen and oxygen atoms in total. The Labute approximate surface area is 191 Å². The first-order valence-electron chi connectivity index (χ1n) is 10.0. The number of thiazole rings is 1. The van der Waals surface area contributed by atoms with Crippen molar-refractivity contribution in [2.45, 2.75) is 38.1 Å². The maximum Gasteiger partial charge on any atom is 0.255 e. The molecule has 9 heteroatoms. The largest absolute Gasteiger partial charge is 0.322 e. The van der Waals surface area contributed by atoms with Crippen molar-refractivity contribution in [3.05, 3.63) is 71.4 Å². The van der Waals surface area contributed by atoms with E-state index in [0.29, 0.717) is 16.8 Å². The van der Waals surface area contributed by atoms with Crippen LogP contribution in [0.1, 0.15) is 36.7 Å². The van der Waals surface area contributed by atoms with Gasteiger partial charge in [-0.1, -0.05) is 18.2 Å². The van der Waals surface area contributed by atoms with Crippen molar-refractivity contribution in [2.24, 2.45) is 0 Å². The van der Waals surface area contributed by atoms with Gasteiger partial charge in [0, 0.05) is 40.1 Å². The van der Waals surface area contributed by atoms with E-state index < -0.39 is 15.6 Å². The minimum Gasteiger partial charge on any atom is -0.322 e. The number of benzene rings is 2. The molecule has 4 rings (SSSR count). The average Bonchev–Trinajstić information content (AvgIpc) is 3.29. The summed E-state index contributed by atoms with van der Waals surface area (Å²) in [6.45, 7) is 7.07. The molecule has 0 aliphatic carbocycles. The number of hydrogen-bond acceptors (Lipinski definition) is 5. The lowest BCUT2D eigenvalue weighted by Gasteiger charge is -2.20. The lowest BCUT2D eigenvalue weighted by molar-refractivity contribution is 0.102. The van der Waals surface area contributed by atoms with E-state index in [1.165, 1.54) is 12.1 Å². The third-order valence-corrected chi connectivity index (χ3v) is 7.26. The molecule has 2 N–H and O–H groups in total. The number of nitrogens with one attached hydrogen (secondary N) is 2. The number of amides is 1. The van der Waals surface area contributed by atoms with E-state index in [1.54, 1.807) is 57.2 Å². The number of sulfonamides is 1. The zero-order valence-electron chi connectivity index (χ0n) is 18.2. The second kappa shape index (κ2) is 8.16. The summed E-state index contributed by atoms with van der Waals surface area (Å²) in [5.41, 5.74) is 2.77. The summed E-state index contributed by atoms with van der Waals surface area (Å²) in [5, 5.41) is 4.83. The van der Waals surface area contributed by atoms with Crippen LogP contribution < -0.4 is 10.0 Å². The second-order valence-electron chi connectivity index (χ2n) is 8.58. The van der Waals surface area contributed by atoms with Gasteiger partial charge >= 0.3 is 0 Å². The number of hydrogen-bond donors (Lipinski definition) is 2. The number of imidazole rings is 1. The van der Waals surface area contributed by atoms with Crippen molar-refractivity contribution < 1.29 is 13.2 Å². The number of fused-ring (bicyclic) bond motifs is 1. The monoisotopic (exact) mass is 468 g/mol. The number of aromatic nitrogens is 2. The molecule has 32 heavy (non-hydrogen) atoms. The van der Waals surface area contributed by atoms with Crippen molar-refractivity contribution in [3.8, 4) is 11.3 Å². The van der Waals surface area contributed by atoms with Gasteiger partial charge in [-0.05, 0) is 57.5 Å². The highest BCUT2D eigenvalue weighted by atomic mass is 32.2. The van der Waals surface area contributed by atoms with Crippen LogP contribution in [0.3, 0.4) is 0 Å². The fourth-order valence-corrected chi connectivity index (χ4v) is 5.41. The first-order chi connectivity index (χ1) is 15.0. The smallest absolute Gasteiger partial charge is 0.255 e. The van der Waals surface area contributed by atoms with Gasteiger partial charge in [-0.15, -0.1) is 11.3 Å². The van der Waals surface area contributed by atoms with Crippen LogP contribution in [-0.2, 0) is 10.0 Å². The van der Waals surface area contributed by atoms with Crippen LogP contribution in [0.5, 0.6) is 0 Å². The number of aryl methyl sites for hydroxylation is 1. The lowest BCUT2D eigenvalue weighted by atomic mass is 10.1. The van der Waals surface area contributed by atoms with Crippen LogP contribution in [0.25, 0.3) is 16.2 Å². The van der Waals surface area contributed by atoms with Crippen LogP contribution in [0, 0.1) is 6.92 Å². The van der Waals surface area contributed by atoms with E-state index in [2.05, 4.69) is 15.0 Å². The highest BCUT2D eigenvalue weighted by Gasteiger charge is 2.23. The Morgan fingerprint density at radius 2 is 1.81 bits per heavy atom. The quantitative estimate of drug-likeness (QED) is 0.444. The van der Waals surface area contributed by atoms with Crippen LogP contribution in [-0.4, -0.2) is 29.2 Å². The van der Waals surface area contributed by atoms with E-state index in [4.69, 9.17) is 0 Å². The van der Waals surface area contributed by atoms with Gasteiger partial charge in [0.05, 0.1) is 10.6 Å². The Morgan fingerprint density at radius 1 is 1.09 bits per heavy atom. The summed E-state index contributed by atoms with van der Waals surface area (Å²) in [7, 11) is -3.74. The fourth-order valence-electron chi connectivity index (χ4n) is 3.26. The molecular weight excluding hydrogens is 444 g/mol. The summed E-state index contributed by atoms with van der Waals surface area (Å²) in [6.07, 6.45) is 3.92. The van der Waals surface area contributed by atoms with Gasteiger partial charge in [0.1, 0.15) is 0 Å². The van der Waals surface area contributed by atoms with Crippen molar-refractivity contribution in [2.75, 3.05) is 5.32 Å². The van der Waals surface area contributed by atoms with E-state index in [-0.39, 0.29) is 10.8 Å². The molecule has 2 aromatic carbocycles. The van der Waals surface area contributed by atoms with Crippen molar-refractivity contribution in [1.29, 1.82) is 0 Å². The molecule has 0 bridgehead atoms. The number of carbonyl (C=O) groups is 1. The standard InChI is InChI=1S/C23H24N4O3S2/c1-15-5-10-18(32(29,30)26-23(2,3)4)13-19(15)21(28)24-17-8-6-16(7-9-17)20-14-27-11-12-31-22(27)25-20/h5-14,26H,1-4H3,(H,24,28). The SMILES string of the molecule is Cc1ccc(S(=O)(=O)NC(C)(C)C)cc1C(=O)Nc1ccc(-c2cn3ccsc3n2)cc1. The molecule has 0 atom stereocenters. The zero-order chi connectivity index (χ0) is 23.1. The molecule has 0 radical (unpaired) electrons. The molecule has 166 valence electrons. The van der Waals surface area contributed by atoms with E-state index in [1.807, 2.05) is 34.3 Å². The molecule has 0 saturated heterocycles. The van der Waals surface area contributed by atoms with Gasteiger partial charge in [-0.3, -0.25) is 9.20 Å².